The van der Waals surface area contributed by atoms with Crippen LogP contribution in [0.1, 0.15) is 23.0 Å². The molecule has 0 aromatic heterocycles. The monoisotopic (exact) mass is 590 g/mol. The molecule has 2 aliphatic rings. The van der Waals surface area contributed by atoms with Gasteiger partial charge in [0.05, 0.1) is 16.4 Å². The summed E-state index contributed by atoms with van der Waals surface area (Å²) in [5, 5.41) is 0. The number of ether oxygens (including phenoxy) is 4. The lowest BCUT2D eigenvalue weighted by Gasteiger charge is -2.47. The molecule has 6 atom stereocenters. The van der Waals surface area contributed by atoms with E-state index in [1.54, 1.807) is 36.4 Å². The molecule has 40 heavy (non-hydrogen) atoms. The first-order valence-electron chi connectivity index (χ1n) is 12.6. The highest BCUT2D eigenvalue weighted by molar-refractivity contribution is 7.87. The maximum atomic E-state index is 13.5. The van der Waals surface area contributed by atoms with Gasteiger partial charge >= 0.3 is 0 Å². The van der Waals surface area contributed by atoms with Gasteiger partial charge in [-0.05, 0) is 38.1 Å². The van der Waals surface area contributed by atoms with Crippen LogP contribution in [0.15, 0.2) is 88.7 Å². The summed E-state index contributed by atoms with van der Waals surface area (Å²) in [6.45, 7) is 3.65. The van der Waals surface area contributed by atoms with Crippen LogP contribution >= 0.6 is 0 Å². The predicted molar refractivity (Wildman–Crippen MR) is 142 cm³/mol. The quantitative estimate of drug-likeness (QED) is 0.359. The highest BCUT2D eigenvalue weighted by atomic mass is 32.2. The van der Waals surface area contributed by atoms with Crippen LogP contribution < -0.4 is 0 Å². The van der Waals surface area contributed by atoms with Crippen molar-refractivity contribution < 1.29 is 44.1 Å². The number of rotatable bonds is 8. The first-order chi connectivity index (χ1) is 19.1. The van der Waals surface area contributed by atoms with Crippen molar-refractivity contribution in [1.82, 2.24) is 0 Å². The van der Waals surface area contributed by atoms with Crippen LogP contribution in [0.4, 0.5) is 0 Å². The molecule has 0 saturated carbocycles. The lowest BCUT2D eigenvalue weighted by atomic mass is 9.98. The molecule has 10 nitrogen and oxygen atoms in total. The Kier molecular flexibility index (Phi) is 8.41. The minimum atomic E-state index is -4.41. The van der Waals surface area contributed by atoms with Gasteiger partial charge in [0.1, 0.15) is 18.3 Å². The van der Waals surface area contributed by atoms with Gasteiger partial charge < -0.3 is 18.9 Å². The molecule has 5 rings (SSSR count). The van der Waals surface area contributed by atoms with E-state index in [4.69, 9.17) is 27.3 Å². The fourth-order valence-corrected chi connectivity index (χ4v) is 6.71. The number of methoxy groups -OCH3 is 1. The van der Waals surface area contributed by atoms with Crippen molar-refractivity contribution in [2.24, 2.45) is 0 Å². The average molecular weight is 591 g/mol. The molecule has 3 aromatic rings. The smallest absolute Gasteiger partial charge is 0.297 e. The van der Waals surface area contributed by atoms with Crippen molar-refractivity contribution in [3.63, 3.8) is 0 Å². The molecule has 0 aliphatic carbocycles. The molecule has 0 N–H and O–H groups in total. The number of benzene rings is 3. The Bertz CT molecular complexity index is 1510. The van der Waals surface area contributed by atoms with E-state index in [1.165, 1.54) is 31.4 Å². The van der Waals surface area contributed by atoms with Crippen LogP contribution in [0.2, 0.25) is 0 Å². The summed E-state index contributed by atoms with van der Waals surface area (Å²) in [5.41, 5.74) is 2.39. The fourth-order valence-electron chi connectivity index (χ4n) is 4.54. The zero-order valence-corrected chi connectivity index (χ0v) is 23.7. The SMILES string of the molecule is CO[C@H]1O[C@@H]2CO[C@@H](c3ccccc3)O[C@H]2[C@@H](OS(=O)(=O)c2ccc(C)cc2)[C@@H]1OS(=O)(=O)c1ccc(C)cc1. The summed E-state index contributed by atoms with van der Waals surface area (Å²) >= 11 is 0. The Hall–Kier alpha value is -2.68. The van der Waals surface area contributed by atoms with E-state index in [2.05, 4.69) is 0 Å². The van der Waals surface area contributed by atoms with Crippen LogP contribution in [0, 0.1) is 13.8 Å². The molecule has 0 amide bonds. The Morgan fingerprint density at radius 1 is 0.700 bits per heavy atom. The summed E-state index contributed by atoms with van der Waals surface area (Å²) in [6, 6.07) is 21.2. The van der Waals surface area contributed by atoms with Crippen molar-refractivity contribution >= 4 is 20.2 Å². The number of hydrogen-bond acceptors (Lipinski definition) is 10. The molecule has 2 aliphatic heterocycles. The number of aryl methyl sites for hydroxylation is 2. The summed E-state index contributed by atoms with van der Waals surface area (Å²) in [5.74, 6) is 0. The van der Waals surface area contributed by atoms with Crippen LogP contribution in [-0.2, 0) is 47.5 Å². The molecule has 2 heterocycles. The van der Waals surface area contributed by atoms with E-state index in [0.717, 1.165) is 11.1 Å². The standard InChI is InChI=1S/C28H30O10S2/c1-18-9-13-21(14-10-18)39(29,30)37-25-24-23(17-34-27(36-24)20-7-5-4-6-8-20)35-28(33-3)26(25)38-40(31,32)22-15-11-19(2)12-16-22/h4-16,23-28H,17H2,1-3H3/t23-,24-,25-,26+,27-,28+/m1/s1. The average Bonchev–Trinajstić information content (AvgIpc) is 2.94. The fraction of sp³-hybridized carbons (Fsp3) is 0.357. The molecule has 2 fully saturated rings. The van der Waals surface area contributed by atoms with Gasteiger partial charge in [-0.3, -0.25) is 8.37 Å². The first kappa shape index (κ1) is 28.8. The van der Waals surface area contributed by atoms with Gasteiger partial charge in [-0.2, -0.15) is 16.8 Å². The lowest BCUT2D eigenvalue weighted by Crippen LogP contribution is -2.64. The summed E-state index contributed by atoms with van der Waals surface area (Å²) < 4.78 is 88.4. The van der Waals surface area contributed by atoms with Gasteiger partial charge in [0.25, 0.3) is 20.2 Å². The number of fused-ring (bicyclic) bond motifs is 1. The Labute approximate surface area is 234 Å². The van der Waals surface area contributed by atoms with Crippen molar-refractivity contribution in [3.05, 3.63) is 95.6 Å². The van der Waals surface area contributed by atoms with Crippen LogP contribution in [0.5, 0.6) is 0 Å². The predicted octanol–water partition coefficient (Wildman–Crippen LogP) is 3.64. The molecule has 0 spiro atoms. The van der Waals surface area contributed by atoms with Crippen molar-refractivity contribution in [2.45, 2.75) is 60.6 Å². The zero-order chi connectivity index (χ0) is 28.5. The van der Waals surface area contributed by atoms with E-state index >= 15 is 0 Å². The van der Waals surface area contributed by atoms with Gasteiger partial charge in [-0.15, -0.1) is 0 Å². The van der Waals surface area contributed by atoms with Crippen molar-refractivity contribution in [3.8, 4) is 0 Å². The minimum absolute atomic E-state index is 0.00591. The van der Waals surface area contributed by atoms with Crippen LogP contribution in [-0.4, -0.2) is 61.3 Å². The molecule has 214 valence electrons. The second kappa shape index (κ2) is 11.7. The Balaban J connectivity index is 1.53. The minimum Gasteiger partial charge on any atom is -0.353 e. The van der Waals surface area contributed by atoms with Gasteiger partial charge in [0, 0.05) is 12.7 Å². The second-order valence-electron chi connectivity index (χ2n) is 9.61. The molecular weight excluding hydrogens is 560 g/mol. The molecule has 0 bridgehead atoms. The van der Waals surface area contributed by atoms with Crippen LogP contribution in [0.25, 0.3) is 0 Å². The number of hydrogen-bond donors (Lipinski definition) is 0. The molecule has 0 radical (unpaired) electrons. The maximum absolute atomic E-state index is 13.5. The molecular formula is C28H30O10S2. The molecule has 2 saturated heterocycles. The van der Waals surface area contributed by atoms with E-state index < -0.39 is 57.2 Å². The van der Waals surface area contributed by atoms with E-state index in [-0.39, 0.29) is 16.4 Å². The Morgan fingerprint density at radius 3 is 1.75 bits per heavy atom. The van der Waals surface area contributed by atoms with Gasteiger partial charge in [-0.25, -0.2) is 0 Å². The topological polar surface area (TPSA) is 124 Å². The third-order valence-corrected chi connectivity index (χ3v) is 9.33. The highest BCUT2D eigenvalue weighted by Gasteiger charge is 2.54. The molecule has 12 heteroatoms. The van der Waals surface area contributed by atoms with Crippen molar-refractivity contribution in [1.29, 1.82) is 0 Å². The highest BCUT2D eigenvalue weighted by Crippen LogP contribution is 2.38. The van der Waals surface area contributed by atoms with E-state index in [9.17, 15) is 16.8 Å². The van der Waals surface area contributed by atoms with Gasteiger partial charge in [0.2, 0.25) is 0 Å². The molecule has 3 aromatic carbocycles. The third kappa shape index (κ3) is 6.14. The summed E-state index contributed by atoms with van der Waals surface area (Å²) in [6.07, 6.45) is -7.17. The first-order valence-corrected chi connectivity index (χ1v) is 15.4. The van der Waals surface area contributed by atoms with E-state index in [1.807, 2.05) is 32.0 Å². The largest absolute Gasteiger partial charge is 0.353 e. The van der Waals surface area contributed by atoms with Gasteiger partial charge in [-0.1, -0.05) is 65.7 Å². The van der Waals surface area contributed by atoms with E-state index in [0.29, 0.717) is 5.56 Å². The Morgan fingerprint density at radius 2 is 1.23 bits per heavy atom. The normalized spacial score (nSPS) is 27.2. The third-order valence-electron chi connectivity index (χ3n) is 6.68. The van der Waals surface area contributed by atoms with Gasteiger partial charge in [0.15, 0.2) is 18.7 Å². The summed E-state index contributed by atoms with van der Waals surface area (Å²) in [7, 11) is -7.52. The lowest BCUT2D eigenvalue weighted by molar-refractivity contribution is -0.351. The van der Waals surface area contributed by atoms with Crippen molar-refractivity contribution in [2.75, 3.05) is 13.7 Å². The van der Waals surface area contributed by atoms with Crippen LogP contribution in [0.3, 0.4) is 0 Å². The molecule has 0 unspecified atom stereocenters. The summed E-state index contributed by atoms with van der Waals surface area (Å²) in [4.78, 5) is -0.229. The second-order valence-corrected chi connectivity index (χ2v) is 12.8. The maximum Gasteiger partial charge on any atom is 0.297 e. The zero-order valence-electron chi connectivity index (χ0n) is 22.1.